The Bertz CT molecular complexity index is 719. The van der Waals surface area contributed by atoms with Gasteiger partial charge < -0.3 is 5.32 Å². The predicted octanol–water partition coefficient (Wildman–Crippen LogP) is 2.87. The number of anilines is 1. The Morgan fingerprint density at radius 3 is 2.96 bits per heavy atom. The molecule has 1 atom stereocenters. The highest BCUT2D eigenvalue weighted by Gasteiger charge is 2.19. The summed E-state index contributed by atoms with van der Waals surface area (Å²) < 4.78 is 0. The number of hydrogen-bond donors (Lipinski definition) is 2. The second kappa shape index (κ2) is 6.98. The number of nitrogens with zero attached hydrogens (tertiary/aromatic N) is 5. The molecule has 0 radical (unpaired) electrons. The molecule has 0 fully saturated rings. The van der Waals surface area contributed by atoms with Crippen molar-refractivity contribution in [3.05, 3.63) is 24.2 Å². The second-order valence-electron chi connectivity index (χ2n) is 6.60. The zero-order valence-corrected chi connectivity index (χ0v) is 14.7. The van der Waals surface area contributed by atoms with Crippen molar-refractivity contribution in [2.75, 3.05) is 18.4 Å². The molecule has 24 heavy (non-hydrogen) atoms. The molecule has 7 nitrogen and oxygen atoms in total. The van der Waals surface area contributed by atoms with Crippen LogP contribution in [0.4, 0.5) is 5.95 Å². The van der Waals surface area contributed by atoms with Crippen LogP contribution in [0.25, 0.3) is 11.3 Å². The summed E-state index contributed by atoms with van der Waals surface area (Å²) in [7, 11) is 0. The van der Waals surface area contributed by atoms with E-state index in [2.05, 4.69) is 63.3 Å². The molecule has 0 aromatic carbocycles. The lowest BCUT2D eigenvalue weighted by Crippen LogP contribution is -2.29. The number of hydrogen-bond acceptors (Lipinski definition) is 6. The van der Waals surface area contributed by atoms with Crippen LogP contribution in [0.2, 0.25) is 0 Å². The highest BCUT2D eigenvalue weighted by molar-refractivity contribution is 5.83. The fourth-order valence-electron chi connectivity index (χ4n) is 2.98. The molecule has 2 N–H and O–H groups in total. The first-order valence-electron chi connectivity index (χ1n) is 8.46. The van der Waals surface area contributed by atoms with Gasteiger partial charge in [0.25, 0.3) is 0 Å². The Balaban J connectivity index is 1.64. The van der Waals surface area contributed by atoms with Crippen LogP contribution in [0.3, 0.4) is 0 Å². The maximum atomic E-state index is 4.62. The van der Waals surface area contributed by atoms with E-state index < -0.39 is 0 Å². The Morgan fingerprint density at radius 1 is 1.42 bits per heavy atom. The molecule has 0 aliphatic carbocycles. The van der Waals surface area contributed by atoms with Gasteiger partial charge in [0.05, 0.1) is 18.4 Å². The van der Waals surface area contributed by atoms with Crippen molar-refractivity contribution in [1.82, 2.24) is 25.2 Å². The standard InChI is InChI=1S/C17H25N7/c1-11(2)16-14(10-20-22-16)15-5-6-18-17(21-15)19-7-8-24-13(4)9-12(3)23-24/h5-6,10-11,13H,7-9H2,1-4H3,(H,20,22)(H,18,19,21). The van der Waals surface area contributed by atoms with Crippen LogP contribution in [-0.2, 0) is 0 Å². The van der Waals surface area contributed by atoms with E-state index in [1.807, 2.05) is 12.3 Å². The minimum atomic E-state index is 0.367. The van der Waals surface area contributed by atoms with Gasteiger partial charge in [0, 0.05) is 42.2 Å². The van der Waals surface area contributed by atoms with Gasteiger partial charge in [-0.2, -0.15) is 10.2 Å². The lowest BCUT2D eigenvalue weighted by Gasteiger charge is -2.20. The fraction of sp³-hybridized carbons (Fsp3) is 0.529. The van der Waals surface area contributed by atoms with Crippen LogP contribution in [0.1, 0.15) is 45.7 Å². The largest absolute Gasteiger partial charge is 0.352 e. The predicted molar refractivity (Wildman–Crippen MR) is 96.1 cm³/mol. The lowest BCUT2D eigenvalue weighted by atomic mass is 10.0. The zero-order valence-electron chi connectivity index (χ0n) is 14.7. The Kier molecular flexibility index (Phi) is 4.78. The van der Waals surface area contributed by atoms with Gasteiger partial charge in [-0.3, -0.25) is 10.1 Å². The summed E-state index contributed by atoms with van der Waals surface area (Å²) in [5.74, 6) is 1.00. The molecule has 7 heteroatoms. The van der Waals surface area contributed by atoms with Crippen LogP contribution in [0, 0.1) is 0 Å². The molecular weight excluding hydrogens is 302 g/mol. The van der Waals surface area contributed by atoms with Crippen LogP contribution in [-0.4, -0.2) is 50.0 Å². The van der Waals surface area contributed by atoms with Crippen LogP contribution >= 0.6 is 0 Å². The van der Waals surface area contributed by atoms with Crippen LogP contribution < -0.4 is 5.32 Å². The maximum absolute atomic E-state index is 4.62. The third-order valence-corrected chi connectivity index (χ3v) is 4.20. The molecule has 0 spiro atoms. The van der Waals surface area contributed by atoms with E-state index >= 15 is 0 Å². The molecule has 1 unspecified atom stereocenters. The van der Waals surface area contributed by atoms with E-state index in [9.17, 15) is 0 Å². The third kappa shape index (κ3) is 3.55. The normalized spacial score (nSPS) is 17.5. The second-order valence-corrected chi connectivity index (χ2v) is 6.60. The molecule has 0 amide bonds. The van der Waals surface area contributed by atoms with Crippen LogP contribution in [0.5, 0.6) is 0 Å². The van der Waals surface area contributed by atoms with Crippen molar-refractivity contribution in [3.8, 4) is 11.3 Å². The van der Waals surface area contributed by atoms with Crippen molar-refractivity contribution in [2.45, 2.75) is 46.1 Å². The first-order valence-corrected chi connectivity index (χ1v) is 8.46. The molecule has 0 saturated carbocycles. The number of aromatic amines is 1. The monoisotopic (exact) mass is 327 g/mol. The zero-order chi connectivity index (χ0) is 17.1. The van der Waals surface area contributed by atoms with Crippen molar-refractivity contribution in [2.24, 2.45) is 5.10 Å². The van der Waals surface area contributed by atoms with Gasteiger partial charge in [-0.25, -0.2) is 9.97 Å². The van der Waals surface area contributed by atoms with Crippen molar-refractivity contribution >= 4 is 11.7 Å². The van der Waals surface area contributed by atoms with Gasteiger partial charge >= 0.3 is 0 Å². The van der Waals surface area contributed by atoms with Gasteiger partial charge in [-0.1, -0.05) is 13.8 Å². The number of aromatic nitrogens is 4. The minimum absolute atomic E-state index is 0.367. The Morgan fingerprint density at radius 2 is 2.25 bits per heavy atom. The first kappa shape index (κ1) is 16.4. The number of rotatable bonds is 6. The fourth-order valence-corrected chi connectivity index (χ4v) is 2.98. The summed E-state index contributed by atoms with van der Waals surface area (Å²) >= 11 is 0. The SMILES string of the molecule is CC1=NN(CCNc2nccc(-c3cn[nH]c3C(C)C)n2)C(C)C1. The van der Waals surface area contributed by atoms with Gasteiger partial charge in [0.15, 0.2) is 0 Å². The van der Waals surface area contributed by atoms with E-state index in [-0.39, 0.29) is 0 Å². The first-order chi connectivity index (χ1) is 11.5. The number of H-pyrrole nitrogens is 1. The number of hydrazone groups is 1. The van der Waals surface area contributed by atoms with Gasteiger partial charge in [-0.15, -0.1) is 0 Å². The molecule has 1 aliphatic heterocycles. The Hall–Kier alpha value is -2.44. The van der Waals surface area contributed by atoms with Crippen molar-refractivity contribution in [3.63, 3.8) is 0 Å². The molecule has 3 rings (SSSR count). The molecule has 128 valence electrons. The van der Waals surface area contributed by atoms with E-state index in [1.54, 1.807) is 6.20 Å². The summed E-state index contributed by atoms with van der Waals surface area (Å²) in [6.45, 7) is 10.1. The molecule has 2 aromatic rings. The smallest absolute Gasteiger partial charge is 0.223 e. The average Bonchev–Trinajstić information content (AvgIpc) is 3.15. The summed E-state index contributed by atoms with van der Waals surface area (Å²) in [5, 5.41) is 17.2. The molecule has 1 aliphatic rings. The van der Waals surface area contributed by atoms with Gasteiger partial charge in [0.2, 0.25) is 5.95 Å². The average molecular weight is 327 g/mol. The van der Waals surface area contributed by atoms with Gasteiger partial charge in [-0.05, 0) is 25.8 Å². The summed E-state index contributed by atoms with van der Waals surface area (Å²) in [4.78, 5) is 8.93. The van der Waals surface area contributed by atoms with Crippen molar-refractivity contribution in [1.29, 1.82) is 0 Å². The summed E-state index contributed by atoms with van der Waals surface area (Å²) in [5.41, 5.74) is 4.20. The molecular formula is C17H25N7. The third-order valence-electron chi connectivity index (χ3n) is 4.20. The molecule has 0 saturated heterocycles. The lowest BCUT2D eigenvalue weighted by molar-refractivity contribution is 0.255. The molecule has 0 bridgehead atoms. The van der Waals surface area contributed by atoms with E-state index in [0.717, 1.165) is 36.5 Å². The Labute approximate surface area is 142 Å². The topological polar surface area (TPSA) is 82.1 Å². The summed E-state index contributed by atoms with van der Waals surface area (Å²) in [6.07, 6.45) is 4.65. The maximum Gasteiger partial charge on any atom is 0.223 e. The number of nitrogens with one attached hydrogen (secondary N) is 2. The quantitative estimate of drug-likeness (QED) is 0.852. The van der Waals surface area contributed by atoms with Crippen LogP contribution in [0.15, 0.2) is 23.6 Å². The van der Waals surface area contributed by atoms with Gasteiger partial charge in [0.1, 0.15) is 0 Å². The highest BCUT2D eigenvalue weighted by Crippen LogP contribution is 2.25. The summed E-state index contributed by atoms with van der Waals surface area (Å²) in [6, 6.07) is 2.39. The molecule has 2 aromatic heterocycles. The van der Waals surface area contributed by atoms with E-state index in [1.165, 1.54) is 5.71 Å². The molecule has 3 heterocycles. The highest BCUT2D eigenvalue weighted by atomic mass is 15.5. The van der Waals surface area contributed by atoms with E-state index in [4.69, 9.17) is 0 Å². The minimum Gasteiger partial charge on any atom is -0.352 e. The van der Waals surface area contributed by atoms with Crippen molar-refractivity contribution < 1.29 is 0 Å². The van der Waals surface area contributed by atoms with E-state index in [0.29, 0.717) is 17.9 Å².